The number of hydrogen-bond acceptors (Lipinski definition) is 4. The first kappa shape index (κ1) is 23.5. The van der Waals surface area contributed by atoms with Gasteiger partial charge in [0.2, 0.25) is 5.91 Å². The van der Waals surface area contributed by atoms with Crippen LogP contribution in [0.2, 0.25) is 0 Å². The maximum atomic E-state index is 11.9. The van der Waals surface area contributed by atoms with Gasteiger partial charge in [0.15, 0.2) is 5.96 Å². The zero-order valence-electron chi connectivity index (χ0n) is 15.5. The molecule has 1 saturated heterocycles. The first-order valence-electron chi connectivity index (χ1n) is 8.87. The zero-order valence-corrected chi connectivity index (χ0v) is 18.6. The van der Waals surface area contributed by atoms with Crippen molar-refractivity contribution in [1.82, 2.24) is 16.0 Å². The molecule has 0 aliphatic carbocycles. The lowest BCUT2D eigenvalue weighted by atomic mass is 10.1. The number of thioether (sulfide) groups is 1. The van der Waals surface area contributed by atoms with Crippen molar-refractivity contribution < 1.29 is 9.59 Å². The Bertz CT molecular complexity index is 633. The molecule has 1 fully saturated rings. The summed E-state index contributed by atoms with van der Waals surface area (Å²) in [6.07, 6.45) is 2.56. The van der Waals surface area contributed by atoms with Crippen LogP contribution >= 0.6 is 35.7 Å². The molecule has 1 atom stereocenters. The highest BCUT2D eigenvalue weighted by atomic mass is 127. The molecule has 9 heteroatoms. The topological polar surface area (TPSA) is 109 Å². The van der Waals surface area contributed by atoms with E-state index in [0.29, 0.717) is 17.4 Å². The number of carbonyl (C=O) groups is 2. The predicted molar refractivity (Wildman–Crippen MR) is 122 cm³/mol. The second-order valence-corrected chi connectivity index (χ2v) is 7.47. The third-order valence-corrected chi connectivity index (χ3v) is 5.32. The Labute approximate surface area is 181 Å². The number of benzene rings is 1. The zero-order chi connectivity index (χ0) is 18.8. The molecule has 1 aliphatic rings. The summed E-state index contributed by atoms with van der Waals surface area (Å²) >= 11 is 2.01. The average Bonchev–Trinajstić information content (AvgIpc) is 3.16. The van der Waals surface area contributed by atoms with Crippen molar-refractivity contribution in [1.29, 1.82) is 0 Å². The van der Waals surface area contributed by atoms with E-state index in [4.69, 9.17) is 5.73 Å². The van der Waals surface area contributed by atoms with E-state index < -0.39 is 5.91 Å². The van der Waals surface area contributed by atoms with Crippen LogP contribution in [0.25, 0.3) is 0 Å². The molecule has 5 N–H and O–H groups in total. The molecule has 2 rings (SSSR count). The first-order valence-corrected chi connectivity index (χ1v) is 9.92. The van der Waals surface area contributed by atoms with Gasteiger partial charge in [0, 0.05) is 23.9 Å². The normalized spacial score (nSPS) is 16.3. The summed E-state index contributed by atoms with van der Waals surface area (Å²) in [5.41, 5.74) is 6.51. The number of hydrogen-bond donors (Lipinski definition) is 4. The van der Waals surface area contributed by atoms with Crippen molar-refractivity contribution in [2.24, 2.45) is 10.7 Å². The highest BCUT2D eigenvalue weighted by molar-refractivity contribution is 14.0. The molecule has 0 aromatic heterocycles. The fourth-order valence-electron chi connectivity index (χ4n) is 2.56. The summed E-state index contributed by atoms with van der Waals surface area (Å²) in [6.45, 7) is 4.14. The standard InChI is InChI=1S/C18H27N5O2S.HI/c1-2-20-18(23-11-15-4-3-9-26-15)22-10-13-5-7-14(8-6-13)17(25)21-12-16(19)24;/h5-8,15H,2-4,9-12H2,1H3,(H2,19,24)(H,21,25)(H2,20,22,23);1H. The van der Waals surface area contributed by atoms with Crippen LogP contribution < -0.4 is 21.7 Å². The van der Waals surface area contributed by atoms with Crippen LogP contribution in [-0.2, 0) is 11.3 Å². The molecular formula is C18H28IN5O2S. The average molecular weight is 505 g/mol. The molecule has 1 unspecified atom stereocenters. The number of nitrogens with two attached hydrogens (primary N) is 1. The van der Waals surface area contributed by atoms with Crippen LogP contribution in [0.4, 0.5) is 0 Å². The lowest BCUT2D eigenvalue weighted by molar-refractivity contribution is -0.117. The maximum Gasteiger partial charge on any atom is 0.251 e. The van der Waals surface area contributed by atoms with Crippen LogP contribution in [0.1, 0.15) is 35.7 Å². The number of aliphatic imine (C=N–C) groups is 1. The second-order valence-electron chi connectivity index (χ2n) is 6.06. The maximum absolute atomic E-state index is 11.9. The number of nitrogens with zero attached hydrogens (tertiary/aromatic N) is 1. The van der Waals surface area contributed by atoms with Crippen molar-refractivity contribution >= 4 is 53.5 Å². The summed E-state index contributed by atoms with van der Waals surface area (Å²) in [4.78, 5) is 27.2. The number of halogens is 1. The van der Waals surface area contributed by atoms with E-state index in [1.54, 1.807) is 12.1 Å². The van der Waals surface area contributed by atoms with Crippen molar-refractivity contribution in [3.8, 4) is 0 Å². The molecule has 150 valence electrons. The quantitative estimate of drug-likeness (QED) is 0.243. The molecule has 1 aliphatic heterocycles. The minimum Gasteiger partial charge on any atom is -0.368 e. The molecule has 27 heavy (non-hydrogen) atoms. The van der Waals surface area contributed by atoms with Gasteiger partial charge in [-0.05, 0) is 43.2 Å². The summed E-state index contributed by atoms with van der Waals surface area (Å²) in [6, 6.07) is 7.16. The molecular weight excluding hydrogens is 477 g/mol. The van der Waals surface area contributed by atoms with Crippen LogP contribution in [0.15, 0.2) is 29.3 Å². The van der Waals surface area contributed by atoms with Gasteiger partial charge in [-0.3, -0.25) is 9.59 Å². The van der Waals surface area contributed by atoms with E-state index in [2.05, 4.69) is 20.9 Å². The smallest absolute Gasteiger partial charge is 0.251 e. The van der Waals surface area contributed by atoms with Crippen molar-refractivity contribution in [2.75, 3.05) is 25.4 Å². The van der Waals surface area contributed by atoms with Crippen molar-refractivity contribution in [3.05, 3.63) is 35.4 Å². The van der Waals surface area contributed by atoms with Crippen LogP contribution in [0, 0.1) is 0 Å². The van der Waals surface area contributed by atoms with Gasteiger partial charge in [0.25, 0.3) is 5.91 Å². The van der Waals surface area contributed by atoms with Crippen molar-refractivity contribution in [3.63, 3.8) is 0 Å². The van der Waals surface area contributed by atoms with Gasteiger partial charge in [-0.25, -0.2) is 4.99 Å². The molecule has 0 saturated carbocycles. The highest BCUT2D eigenvalue weighted by Gasteiger charge is 2.15. The second kappa shape index (κ2) is 12.8. The van der Waals surface area contributed by atoms with E-state index in [0.717, 1.165) is 24.6 Å². The van der Waals surface area contributed by atoms with E-state index in [1.165, 1.54) is 18.6 Å². The van der Waals surface area contributed by atoms with E-state index in [-0.39, 0.29) is 36.4 Å². The molecule has 1 aromatic carbocycles. The Hall–Kier alpha value is -1.49. The summed E-state index contributed by atoms with van der Waals surface area (Å²) in [5.74, 6) is 1.18. The lowest BCUT2D eigenvalue weighted by Gasteiger charge is -2.14. The third kappa shape index (κ3) is 8.83. The number of carbonyl (C=O) groups excluding carboxylic acids is 2. The molecule has 0 radical (unpaired) electrons. The Morgan fingerprint density at radius 1 is 1.22 bits per heavy atom. The van der Waals surface area contributed by atoms with Crippen LogP contribution in [-0.4, -0.2) is 48.4 Å². The lowest BCUT2D eigenvalue weighted by Crippen LogP contribution is -2.40. The van der Waals surface area contributed by atoms with Gasteiger partial charge in [0.05, 0.1) is 13.1 Å². The number of amides is 2. The minimum absolute atomic E-state index is 0. The molecule has 1 heterocycles. The van der Waals surface area contributed by atoms with E-state index in [1.807, 2.05) is 30.8 Å². The third-order valence-electron chi connectivity index (χ3n) is 3.92. The molecule has 0 bridgehead atoms. The summed E-state index contributed by atoms with van der Waals surface area (Å²) < 4.78 is 0. The van der Waals surface area contributed by atoms with E-state index in [9.17, 15) is 9.59 Å². The van der Waals surface area contributed by atoms with E-state index >= 15 is 0 Å². The largest absolute Gasteiger partial charge is 0.368 e. The first-order chi connectivity index (χ1) is 12.6. The Balaban J connectivity index is 0.00000364. The van der Waals surface area contributed by atoms with Gasteiger partial charge in [-0.15, -0.1) is 24.0 Å². The SMILES string of the molecule is CCNC(=NCc1ccc(C(=O)NCC(N)=O)cc1)NCC1CCCS1.I. The van der Waals surface area contributed by atoms with Gasteiger partial charge in [0.1, 0.15) is 0 Å². The molecule has 7 nitrogen and oxygen atoms in total. The van der Waals surface area contributed by atoms with Crippen molar-refractivity contribution in [2.45, 2.75) is 31.6 Å². The number of rotatable bonds is 8. The van der Waals surface area contributed by atoms with Gasteiger partial charge in [-0.2, -0.15) is 11.8 Å². The van der Waals surface area contributed by atoms with Crippen LogP contribution in [0.3, 0.4) is 0 Å². The summed E-state index contributed by atoms with van der Waals surface area (Å²) in [7, 11) is 0. The molecule has 2 amide bonds. The highest BCUT2D eigenvalue weighted by Crippen LogP contribution is 2.25. The minimum atomic E-state index is -0.566. The number of nitrogens with one attached hydrogen (secondary N) is 3. The fraction of sp³-hybridized carbons (Fsp3) is 0.500. The molecule has 1 aromatic rings. The fourth-order valence-corrected chi connectivity index (χ4v) is 3.76. The van der Waals surface area contributed by atoms with Crippen LogP contribution in [0.5, 0.6) is 0 Å². The Morgan fingerprint density at radius 2 is 1.96 bits per heavy atom. The number of primary amides is 1. The monoisotopic (exact) mass is 505 g/mol. The van der Waals surface area contributed by atoms with Gasteiger partial charge < -0.3 is 21.7 Å². The Kier molecular flexibility index (Phi) is 11.2. The van der Waals surface area contributed by atoms with Gasteiger partial charge >= 0.3 is 0 Å². The summed E-state index contributed by atoms with van der Waals surface area (Å²) in [5, 5.41) is 9.78. The number of guanidine groups is 1. The van der Waals surface area contributed by atoms with Gasteiger partial charge in [-0.1, -0.05) is 12.1 Å². The Morgan fingerprint density at radius 3 is 2.56 bits per heavy atom. The predicted octanol–water partition coefficient (Wildman–Crippen LogP) is 1.47. The molecule has 0 spiro atoms.